The van der Waals surface area contributed by atoms with Crippen LogP contribution >= 0.6 is 11.8 Å². The van der Waals surface area contributed by atoms with Crippen LogP contribution in [0.2, 0.25) is 0 Å². The molecule has 3 aromatic heterocycles. The number of esters is 3. The number of ether oxygens (including phenoxy) is 8. The van der Waals surface area contributed by atoms with Gasteiger partial charge in [-0.1, -0.05) is 46.8 Å². The van der Waals surface area contributed by atoms with E-state index < -0.39 is 157 Å². The summed E-state index contributed by atoms with van der Waals surface area (Å²) < 4.78 is 64.2. The molecule has 0 saturated heterocycles. The summed E-state index contributed by atoms with van der Waals surface area (Å²) in [6.07, 6.45) is 2.38. The SMILES string of the molecule is COCC(OC)C(=O)OC(CCC(C)C(CC1OC(=O)CC(O)CC(SC[C@H](NC(=O)CC[C@H](N)C(=O)O)C(=O)NCC(=O)O)CC(=O)C(C)C(OC)c2coc(n2)-c2coc(n2)-c2coc(n2)/C=C/CC(OC)C1C)OC)C(C)C(OC(C)=O)C(C)/C=C/N(C)C=O. The molecule has 30 nitrogen and oxygen atoms in total. The maximum Gasteiger partial charge on any atom is 0.337 e. The Hall–Kier alpha value is -7.39. The molecule has 518 valence electrons. The van der Waals surface area contributed by atoms with Gasteiger partial charge >= 0.3 is 29.8 Å². The molecule has 0 aliphatic carbocycles. The number of oxazole rings is 3. The molecule has 0 aromatic carbocycles. The molecule has 3 amide bonds. The largest absolute Gasteiger partial charge is 0.480 e. The molecule has 7 N–H and O–H groups in total. The molecule has 0 radical (unpaired) electrons. The number of methoxy groups -OCH3 is 5. The first-order chi connectivity index (χ1) is 44.2. The van der Waals surface area contributed by atoms with Crippen LogP contribution in [0.15, 0.2) is 50.4 Å². The van der Waals surface area contributed by atoms with Crippen molar-refractivity contribution in [1.29, 1.82) is 0 Å². The number of amides is 3. The molecular weight excluding hydrogens is 1240 g/mol. The number of nitrogens with zero attached hydrogens (tertiary/aromatic N) is 4. The zero-order chi connectivity index (χ0) is 69.1. The molecule has 93 heavy (non-hydrogen) atoms. The van der Waals surface area contributed by atoms with Gasteiger partial charge in [-0.3, -0.25) is 38.4 Å². The molecular formula is C62H91N7O23S. The van der Waals surface area contributed by atoms with Crippen LogP contribution in [-0.4, -0.2) is 211 Å². The Morgan fingerprint density at radius 2 is 1.57 bits per heavy atom. The first-order valence-corrected chi connectivity index (χ1v) is 31.4. The van der Waals surface area contributed by atoms with Gasteiger partial charge in [0.25, 0.3) is 0 Å². The lowest BCUT2D eigenvalue weighted by atomic mass is 9.83. The molecule has 0 spiro atoms. The number of rotatable bonds is 32. The van der Waals surface area contributed by atoms with E-state index in [2.05, 4.69) is 25.6 Å². The lowest BCUT2D eigenvalue weighted by molar-refractivity contribution is -0.173. The van der Waals surface area contributed by atoms with Gasteiger partial charge in [-0.15, -0.1) is 0 Å². The quantitative estimate of drug-likeness (QED) is 0.0283. The summed E-state index contributed by atoms with van der Waals surface area (Å²) >= 11 is 0.960. The number of nitrogens with two attached hydrogens (primary N) is 1. The minimum absolute atomic E-state index is 0.0198. The number of carbonyl (C=O) groups is 9. The summed E-state index contributed by atoms with van der Waals surface area (Å²) in [4.78, 5) is 131. The molecule has 0 saturated carbocycles. The van der Waals surface area contributed by atoms with Gasteiger partial charge in [-0.25, -0.2) is 19.7 Å². The second kappa shape index (κ2) is 39.3. The van der Waals surface area contributed by atoms with E-state index in [1.165, 1.54) is 72.4 Å². The predicted molar refractivity (Wildman–Crippen MR) is 332 cm³/mol. The molecule has 1 aliphatic rings. The molecule has 3 aromatic rings. The van der Waals surface area contributed by atoms with E-state index in [0.717, 1.165) is 11.8 Å². The van der Waals surface area contributed by atoms with Crippen molar-refractivity contribution in [3.05, 3.63) is 48.7 Å². The van der Waals surface area contributed by atoms with Crippen molar-refractivity contribution >= 4 is 71.7 Å². The van der Waals surface area contributed by atoms with Crippen molar-refractivity contribution in [3.63, 3.8) is 0 Å². The maximum atomic E-state index is 14.5. The lowest BCUT2D eigenvalue weighted by Crippen LogP contribution is -2.49. The summed E-state index contributed by atoms with van der Waals surface area (Å²) in [7, 11) is 8.63. The van der Waals surface area contributed by atoms with Crippen molar-refractivity contribution in [2.45, 2.75) is 165 Å². The fourth-order valence-corrected chi connectivity index (χ4v) is 11.8. The number of cyclic esters (lactones) is 1. The van der Waals surface area contributed by atoms with Crippen LogP contribution in [0.3, 0.4) is 0 Å². The fraction of sp³-hybridized carbons (Fsp3) is 0.645. The van der Waals surface area contributed by atoms with Crippen LogP contribution in [0.5, 0.6) is 0 Å². The van der Waals surface area contributed by atoms with Gasteiger partial charge in [0.15, 0.2) is 17.5 Å². The van der Waals surface area contributed by atoms with Crippen LogP contribution in [0.4, 0.5) is 0 Å². The van der Waals surface area contributed by atoms with E-state index in [1.54, 1.807) is 46.0 Å². The number of thioether (sulfide) groups is 1. The Bertz CT molecular complexity index is 2950. The standard InChI is InChI=1S/C62H91N7O23S/c1-33(16-18-48(92-62(81)51(85-11)30-82-8)37(5)56(90-38(6)71)34(2)20-21-69(7)32-70)49(84-10)25-50-36(4)47(83-9)14-13-15-53-66-43(28-87-53)59-68-44(29-89-59)60-67-42(27-88-60)57(86-12)35(3)46(73)24-40(22-39(72)23-55(77)91-50)93-31-45(58(78)64-26-54(75)76)65-52(74)19-17-41(63)61(79)80/h13,15,20-21,27-29,32-37,39-41,45,47-51,56-57,72H,14,16-19,22-26,30-31,63H2,1-12H3,(H,64,78)(H,65,74)(H,75,76)(H,79,80)/b15-13+,21-20+/t33?,34?,35?,36?,37?,39?,40?,41-,45-,47?,48?,49?,50?,51?,56?,57?/m0/s1. The minimum Gasteiger partial charge on any atom is -0.480 e. The molecule has 6 bridgehead atoms. The van der Waals surface area contributed by atoms with Crippen LogP contribution in [-0.2, 0) is 81.0 Å². The fourth-order valence-electron chi connectivity index (χ4n) is 10.4. The molecule has 4 heterocycles. The second-order valence-electron chi connectivity index (χ2n) is 23.0. The molecule has 1 aliphatic heterocycles. The summed E-state index contributed by atoms with van der Waals surface area (Å²) in [5.41, 5.74) is 6.23. The van der Waals surface area contributed by atoms with Crippen LogP contribution in [0, 0.1) is 29.6 Å². The van der Waals surface area contributed by atoms with E-state index in [-0.39, 0.29) is 91.6 Å². The molecule has 16 atom stereocenters. The number of nitrogens with one attached hydrogen (secondary N) is 2. The number of fused-ring (bicyclic) bond motifs is 8. The van der Waals surface area contributed by atoms with Crippen LogP contribution in [0.1, 0.15) is 117 Å². The number of ketones is 1. The van der Waals surface area contributed by atoms with Gasteiger partial charge < -0.3 is 87.7 Å². The summed E-state index contributed by atoms with van der Waals surface area (Å²) in [6.45, 7) is 9.20. The third-order valence-corrected chi connectivity index (χ3v) is 17.3. The third-order valence-electron chi connectivity index (χ3n) is 16.0. The highest BCUT2D eigenvalue weighted by Crippen LogP contribution is 2.35. The normalized spacial score (nSPS) is 22.6. The van der Waals surface area contributed by atoms with Crippen LogP contribution < -0.4 is 16.4 Å². The number of hydrogen-bond donors (Lipinski definition) is 6. The number of carbonyl (C=O) groups excluding carboxylic acids is 7. The van der Waals surface area contributed by atoms with Gasteiger partial charge in [0, 0.05) is 110 Å². The van der Waals surface area contributed by atoms with Gasteiger partial charge in [-0.2, -0.15) is 11.8 Å². The maximum absolute atomic E-state index is 14.5. The third kappa shape index (κ3) is 25.1. The number of carboxylic acid groups (broad SMARTS) is 2. The van der Waals surface area contributed by atoms with E-state index in [1.807, 2.05) is 13.8 Å². The van der Waals surface area contributed by atoms with Gasteiger partial charge in [0.1, 0.15) is 73.3 Å². The topological polar surface area (TPSA) is 420 Å². The van der Waals surface area contributed by atoms with Crippen molar-refractivity contribution in [3.8, 4) is 23.2 Å². The number of carboxylic acids is 2. The van der Waals surface area contributed by atoms with E-state index in [9.17, 15) is 58.5 Å². The Morgan fingerprint density at radius 1 is 0.882 bits per heavy atom. The van der Waals surface area contributed by atoms with E-state index in [4.69, 9.17) is 56.9 Å². The van der Waals surface area contributed by atoms with Gasteiger partial charge in [0.2, 0.25) is 35.9 Å². The smallest absolute Gasteiger partial charge is 0.337 e. The predicted octanol–water partition coefficient (Wildman–Crippen LogP) is 4.57. The second-order valence-corrected chi connectivity index (χ2v) is 24.3. The van der Waals surface area contributed by atoms with E-state index in [0.29, 0.717) is 12.8 Å². The summed E-state index contributed by atoms with van der Waals surface area (Å²) in [5, 5.41) is 34.3. The summed E-state index contributed by atoms with van der Waals surface area (Å²) in [6, 6.07) is -2.85. The number of aliphatic hydroxyl groups excluding tert-OH is 1. The number of Topliss-reactive ketones (excluding diaryl/α,β-unsaturated/α-hetero) is 1. The minimum atomic E-state index is -1.51. The highest BCUT2D eigenvalue weighted by atomic mass is 32.2. The highest BCUT2D eigenvalue weighted by Gasteiger charge is 2.39. The average Bonchev–Trinajstić information content (AvgIpc) is 1.79. The van der Waals surface area contributed by atoms with Gasteiger partial charge in [0.05, 0.1) is 31.3 Å². The first-order valence-electron chi connectivity index (χ1n) is 30.3. The van der Waals surface area contributed by atoms with Crippen molar-refractivity contribution < 1.29 is 110 Å². The van der Waals surface area contributed by atoms with Crippen molar-refractivity contribution in [1.82, 2.24) is 30.5 Å². The summed E-state index contributed by atoms with van der Waals surface area (Å²) in [5.74, 6) is -10.1. The van der Waals surface area contributed by atoms with Crippen molar-refractivity contribution in [2.75, 3.05) is 61.5 Å². The molecule has 31 heteroatoms. The number of aromatic nitrogens is 3. The lowest BCUT2D eigenvalue weighted by Gasteiger charge is -2.35. The van der Waals surface area contributed by atoms with Gasteiger partial charge in [-0.05, 0) is 44.1 Å². The highest BCUT2D eigenvalue weighted by molar-refractivity contribution is 8.00. The monoisotopic (exact) mass is 1330 g/mol. The van der Waals surface area contributed by atoms with Crippen molar-refractivity contribution in [2.24, 2.45) is 35.3 Å². The van der Waals surface area contributed by atoms with Crippen LogP contribution in [0.25, 0.3) is 29.2 Å². The molecule has 4 rings (SSSR count). The number of aliphatic carboxylic acids is 2. The Kier molecular flexibility index (Phi) is 33.0. The van der Waals surface area contributed by atoms with E-state index >= 15 is 0 Å². The Labute approximate surface area is 544 Å². The zero-order valence-corrected chi connectivity index (χ0v) is 55.4. The molecule has 14 unspecified atom stereocenters. The number of hydrogen-bond acceptors (Lipinski definition) is 26. The Morgan fingerprint density at radius 3 is 2.20 bits per heavy atom. The zero-order valence-electron chi connectivity index (χ0n) is 54.6. The Balaban J connectivity index is 1.76. The average molecular weight is 1330 g/mol. The first kappa shape index (κ1) is 78.1. The number of aliphatic hydroxyl groups is 1. The molecule has 0 fully saturated rings.